The van der Waals surface area contributed by atoms with E-state index in [-0.39, 0.29) is 23.3 Å². The fraction of sp³-hybridized carbons (Fsp3) is 0.833. The Hall–Kier alpha value is -1.40. The highest BCUT2D eigenvalue weighted by molar-refractivity contribution is 5.84. The molecule has 3 unspecified atom stereocenters. The zero-order valence-corrected chi connectivity index (χ0v) is 19.9. The van der Waals surface area contributed by atoms with Crippen molar-refractivity contribution < 1.29 is 19.4 Å². The van der Waals surface area contributed by atoms with E-state index in [1.54, 1.807) is 0 Å². The maximum atomic E-state index is 12.9. The van der Waals surface area contributed by atoms with Crippen molar-refractivity contribution in [3.05, 3.63) is 12.2 Å². The summed E-state index contributed by atoms with van der Waals surface area (Å²) in [4.78, 5) is 25.8. The van der Waals surface area contributed by atoms with Gasteiger partial charge < -0.3 is 20.1 Å². The Morgan fingerprint density at radius 3 is 2.23 bits per heavy atom. The van der Waals surface area contributed by atoms with Crippen molar-refractivity contribution in [3.63, 3.8) is 0 Å². The van der Waals surface area contributed by atoms with Crippen molar-refractivity contribution in [2.45, 2.75) is 85.8 Å². The van der Waals surface area contributed by atoms with Crippen LogP contribution < -0.4 is 5.32 Å². The normalized spacial score (nSPS) is 25.1. The van der Waals surface area contributed by atoms with Gasteiger partial charge in [0.2, 0.25) is 12.3 Å². The van der Waals surface area contributed by atoms with E-state index < -0.39 is 12.1 Å². The van der Waals surface area contributed by atoms with Crippen LogP contribution in [0.15, 0.2) is 12.2 Å². The lowest BCUT2D eigenvalue weighted by atomic mass is 9.78. The standard InChI is InChI=1S/C20H34N2O4.C4H10/c1-16(26-14-20(13-23)7-5-4-6-8-20)17(21-15-24)18(25)22-11-9-19(2,3)10-12-22;1-4(2)3/h4-5,15-17,23H,6-14H2,1-3H3,(H,21,24);4H,1-3H3. The van der Waals surface area contributed by atoms with Gasteiger partial charge in [-0.3, -0.25) is 9.59 Å². The molecule has 6 nitrogen and oxygen atoms in total. The zero-order chi connectivity index (χ0) is 22.8. The van der Waals surface area contributed by atoms with Crippen LogP contribution in [-0.2, 0) is 14.3 Å². The second-order valence-corrected chi connectivity index (χ2v) is 10.4. The predicted molar refractivity (Wildman–Crippen MR) is 121 cm³/mol. The van der Waals surface area contributed by atoms with Gasteiger partial charge >= 0.3 is 0 Å². The fourth-order valence-electron chi connectivity index (χ4n) is 3.68. The summed E-state index contributed by atoms with van der Waals surface area (Å²) in [5.74, 6) is 0.752. The third kappa shape index (κ3) is 8.76. The van der Waals surface area contributed by atoms with Gasteiger partial charge in [0.1, 0.15) is 6.04 Å². The summed E-state index contributed by atoms with van der Waals surface area (Å²) in [6, 6.07) is -0.691. The first-order valence-corrected chi connectivity index (χ1v) is 11.4. The molecule has 1 aliphatic heterocycles. The number of ether oxygens (including phenoxy) is 1. The topological polar surface area (TPSA) is 78.9 Å². The Balaban J connectivity index is 0.00000103. The lowest BCUT2D eigenvalue weighted by molar-refractivity contribution is -0.142. The minimum absolute atomic E-state index is 0.0605. The monoisotopic (exact) mass is 424 g/mol. The van der Waals surface area contributed by atoms with E-state index >= 15 is 0 Å². The van der Waals surface area contributed by atoms with E-state index in [4.69, 9.17) is 4.74 Å². The van der Waals surface area contributed by atoms with Crippen molar-refractivity contribution in [2.24, 2.45) is 16.7 Å². The highest BCUT2D eigenvalue weighted by atomic mass is 16.5. The number of aliphatic hydroxyl groups is 1. The van der Waals surface area contributed by atoms with Gasteiger partial charge in [-0.1, -0.05) is 46.8 Å². The van der Waals surface area contributed by atoms with E-state index in [0.717, 1.165) is 38.0 Å². The average Bonchev–Trinajstić information content (AvgIpc) is 2.70. The number of likely N-dealkylation sites (tertiary alicyclic amines) is 1. The predicted octanol–water partition coefficient (Wildman–Crippen LogP) is 3.54. The van der Waals surface area contributed by atoms with Crippen molar-refractivity contribution >= 4 is 12.3 Å². The summed E-state index contributed by atoms with van der Waals surface area (Å²) in [6.45, 7) is 14.6. The molecule has 1 aliphatic carbocycles. The highest BCUT2D eigenvalue weighted by Gasteiger charge is 2.36. The molecule has 2 rings (SSSR count). The van der Waals surface area contributed by atoms with Crippen LogP contribution in [0.3, 0.4) is 0 Å². The molecule has 0 aromatic carbocycles. The van der Waals surface area contributed by atoms with Gasteiger partial charge in [0, 0.05) is 18.5 Å². The molecular weight excluding hydrogens is 380 g/mol. The fourth-order valence-corrected chi connectivity index (χ4v) is 3.68. The van der Waals surface area contributed by atoms with Crippen LogP contribution in [0.2, 0.25) is 0 Å². The Morgan fingerprint density at radius 2 is 1.77 bits per heavy atom. The van der Waals surface area contributed by atoms with Crippen LogP contribution in [0, 0.1) is 16.7 Å². The number of allylic oxidation sites excluding steroid dienone is 2. The van der Waals surface area contributed by atoms with Crippen LogP contribution in [0.4, 0.5) is 0 Å². The molecule has 0 radical (unpaired) electrons. The van der Waals surface area contributed by atoms with E-state index in [2.05, 4.69) is 52.1 Å². The summed E-state index contributed by atoms with van der Waals surface area (Å²) < 4.78 is 5.98. The van der Waals surface area contributed by atoms with Gasteiger partial charge in [-0.25, -0.2) is 0 Å². The van der Waals surface area contributed by atoms with Gasteiger partial charge in [0.05, 0.1) is 19.3 Å². The number of rotatable bonds is 8. The van der Waals surface area contributed by atoms with Crippen molar-refractivity contribution in [3.8, 4) is 0 Å². The molecule has 1 saturated heterocycles. The molecule has 2 N–H and O–H groups in total. The molecule has 6 heteroatoms. The first-order chi connectivity index (χ1) is 14.1. The molecular formula is C24H44N2O4. The van der Waals surface area contributed by atoms with E-state index in [1.165, 1.54) is 0 Å². The maximum Gasteiger partial charge on any atom is 0.247 e. The minimum Gasteiger partial charge on any atom is -0.396 e. The lowest BCUT2D eigenvalue weighted by Gasteiger charge is -2.39. The number of amides is 2. The lowest BCUT2D eigenvalue weighted by Crippen LogP contribution is -2.55. The first-order valence-electron chi connectivity index (χ1n) is 11.4. The molecule has 174 valence electrons. The third-order valence-electron chi connectivity index (χ3n) is 5.96. The number of hydrogen-bond donors (Lipinski definition) is 2. The summed E-state index contributed by atoms with van der Waals surface area (Å²) in [6.07, 6.45) is 8.81. The summed E-state index contributed by atoms with van der Waals surface area (Å²) in [5, 5.41) is 12.4. The van der Waals surface area contributed by atoms with E-state index in [0.29, 0.717) is 26.1 Å². The largest absolute Gasteiger partial charge is 0.396 e. The van der Waals surface area contributed by atoms with Gasteiger partial charge in [-0.05, 0) is 50.4 Å². The van der Waals surface area contributed by atoms with Crippen LogP contribution in [0.1, 0.15) is 73.6 Å². The van der Waals surface area contributed by atoms with Gasteiger partial charge in [-0.2, -0.15) is 0 Å². The molecule has 0 aromatic heterocycles. The maximum absolute atomic E-state index is 12.9. The van der Waals surface area contributed by atoms with Crippen LogP contribution in [-0.4, -0.2) is 60.8 Å². The van der Waals surface area contributed by atoms with Crippen molar-refractivity contribution in [1.82, 2.24) is 10.2 Å². The molecule has 30 heavy (non-hydrogen) atoms. The minimum atomic E-state index is -0.691. The van der Waals surface area contributed by atoms with Crippen molar-refractivity contribution in [2.75, 3.05) is 26.3 Å². The Labute approximate surface area is 183 Å². The van der Waals surface area contributed by atoms with Crippen LogP contribution >= 0.6 is 0 Å². The average molecular weight is 425 g/mol. The van der Waals surface area contributed by atoms with Gasteiger partial charge in [0.15, 0.2) is 0 Å². The second kappa shape index (κ2) is 12.5. The SMILES string of the molecule is CC(C)C.CC(OCC1(CO)CC=CCC1)C(NC=O)C(=O)N1CCC(C)(C)CC1. The molecule has 0 aromatic rings. The Kier molecular flexibility index (Phi) is 11.1. The number of nitrogens with one attached hydrogen (secondary N) is 1. The molecule has 0 spiro atoms. The third-order valence-corrected chi connectivity index (χ3v) is 5.96. The number of carbonyl (C=O) groups is 2. The van der Waals surface area contributed by atoms with Gasteiger partial charge in [-0.15, -0.1) is 0 Å². The van der Waals surface area contributed by atoms with Crippen LogP contribution in [0.25, 0.3) is 0 Å². The molecule has 1 heterocycles. The number of aliphatic hydroxyl groups excluding tert-OH is 1. The molecule has 0 saturated carbocycles. The molecule has 0 bridgehead atoms. The quantitative estimate of drug-likeness (QED) is 0.461. The highest BCUT2D eigenvalue weighted by Crippen LogP contribution is 2.33. The van der Waals surface area contributed by atoms with E-state index in [1.807, 2.05) is 11.8 Å². The second-order valence-electron chi connectivity index (χ2n) is 10.4. The molecule has 1 fully saturated rings. The number of hydrogen-bond acceptors (Lipinski definition) is 4. The zero-order valence-electron chi connectivity index (χ0n) is 19.9. The summed E-state index contributed by atoms with van der Waals surface area (Å²) in [7, 11) is 0. The summed E-state index contributed by atoms with van der Waals surface area (Å²) >= 11 is 0. The smallest absolute Gasteiger partial charge is 0.247 e. The number of nitrogens with zero attached hydrogens (tertiary/aromatic N) is 1. The molecule has 2 aliphatic rings. The summed E-state index contributed by atoms with van der Waals surface area (Å²) in [5.41, 5.74) is -0.0264. The Morgan fingerprint density at radius 1 is 1.17 bits per heavy atom. The van der Waals surface area contributed by atoms with E-state index in [9.17, 15) is 14.7 Å². The number of piperidine rings is 1. The Bertz CT molecular complexity index is 549. The van der Waals surface area contributed by atoms with Crippen molar-refractivity contribution in [1.29, 1.82) is 0 Å². The van der Waals surface area contributed by atoms with Gasteiger partial charge in [0.25, 0.3) is 0 Å². The molecule has 2 amide bonds. The number of carbonyl (C=O) groups excluding carboxylic acids is 2. The van der Waals surface area contributed by atoms with Crippen LogP contribution in [0.5, 0.6) is 0 Å². The first kappa shape index (κ1) is 26.6. The molecule has 3 atom stereocenters.